The summed E-state index contributed by atoms with van der Waals surface area (Å²) in [5.74, 6) is 0. The predicted octanol–water partition coefficient (Wildman–Crippen LogP) is 6.44. The summed E-state index contributed by atoms with van der Waals surface area (Å²) in [7, 11) is -6.97. The summed E-state index contributed by atoms with van der Waals surface area (Å²) in [5, 5.41) is 2.71. The fourth-order valence-electron chi connectivity index (χ4n) is 2.84. The molecule has 32 heavy (non-hydrogen) atoms. The molecule has 0 saturated heterocycles. The first-order valence-electron chi connectivity index (χ1n) is 8.79. The minimum atomic E-state index is -4.50. The molecule has 166 valence electrons. The standard InChI is InChI=1S/C20H14O6S6/c21-31(22,23)15-11-27-17(13-7-3-1-4-8-13)19(15)29-30-20-16(32(24,25)26)12-28-18(20)14-9-5-2-6-10-14/h1-12H,(H,21,22,23)(H,24,25,26). The highest BCUT2D eigenvalue weighted by Gasteiger charge is 2.27. The van der Waals surface area contributed by atoms with Crippen LogP contribution in [0.3, 0.4) is 0 Å². The fourth-order valence-corrected chi connectivity index (χ4v) is 11.1. The Bertz CT molecular complexity index is 1340. The second kappa shape index (κ2) is 9.31. The van der Waals surface area contributed by atoms with E-state index in [2.05, 4.69) is 0 Å². The van der Waals surface area contributed by atoms with Crippen molar-refractivity contribution in [2.45, 2.75) is 19.6 Å². The van der Waals surface area contributed by atoms with Gasteiger partial charge in [-0.1, -0.05) is 60.7 Å². The lowest BCUT2D eigenvalue weighted by Gasteiger charge is -2.08. The normalized spacial score (nSPS) is 12.2. The Morgan fingerprint density at radius 1 is 0.594 bits per heavy atom. The molecule has 0 saturated carbocycles. The van der Waals surface area contributed by atoms with Crippen LogP contribution in [0, 0.1) is 0 Å². The molecule has 4 aromatic rings. The first-order valence-corrected chi connectivity index (χ1v) is 15.6. The Balaban J connectivity index is 1.81. The zero-order chi connectivity index (χ0) is 22.9. The molecule has 4 rings (SSSR count). The highest BCUT2D eigenvalue weighted by molar-refractivity contribution is 8.76. The molecular weight excluding hydrogens is 529 g/mol. The van der Waals surface area contributed by atoms with E-state index in [0.717, 1.165) is 32.7 Å². The van der Waals surface area contributed by atoms with Gasteiger partial charge < -0.3 is 0 Å². The predicted molar refractivity (Wildman–Crippen MR) is 131 cm³/mol. The van der Waals surface area contributed by atoms with Crippen molar-refractivity contribution >= 4 is 64.5 Å². The van der Waals surface area contributed by atoms with Gasteiger partial charge in [0.1, 0.15) is 9.79 Å². The third-order valence-corrected chi connectivity index (χ3v) is 11.4. The summed E-state index contributed by atoms with van der Waals surface area (Å²) >= 11 is 2.33. The molecule has 2 aromatic carbocycles. The molecule has 0 bridgehead atoms. The lowest BCUT2D eigenvalue weighted by Crippen LogP contribution is -1.98. The van der Waals surface area contributed by atoms with Crippen molar-refractivity contribution in [2.75, 3.05) is 0 Å². The van der Waals surface area contributed by atoms with Crippen LogP contribution in [0.15, 0.2) is 91.0 Å². The molecule has 0 aliphatic heterocycles. The quantitative estimate of drug-likeness (QED) is 0.203. The first-order chi connectivity index (χ1) is 15.2. The minimum absolute atomic E-state index is 0.247. The van der Waals surface area contributed by atoms with E-state index in [-0.39, 0.29) is 9.79 Å². The number of rotatable bonds is 7. The smallest absolute Gasteiger partial charge is 0.282 e. The van der Waals surface area contributed by atoms with E-state index in [9.17, 15) is 25.9 Å². The summed E-state index contributed by atoms with van der Waals surface area (Å²) < 4.78 is 67.4. The summed E-state index contributed by atoms with van der Waals surface area (Å²) in [4.78, 5) is 1.34. The van der Waals surface area contributed by atoms with E-state index in [4.69, 9.17) is 0 Å². The minimum Gasteiger partial charge on any atom is -0.282 e. The van der Waals surface area contributed by atoms with Crippen LogP contribution in [0.1, 0.15) is 0 Å². The summed E-state index contributed by atoms with van der Waals surface area (Å²) in [6.45, 7) is 0. The maximum atomic E-state index is 12.0. The Hall–Kier alpha value is -1.64. The lowest BCUT2D eigenvalue weighted by molar-refractivity contribution is 0.479. The fraction of sp³-hybridized carbons (Fsp3) is 0. The van der Waals surface area contributed by atoms with Crippen molar-refractivity contribution in [1.29, 1.82) is 0 Å². The summed E-state index contributed by atoms with van der Waals surface area (Å²) in [6.07, 6.45) is 0. The molecule has 0 spiro atoms. The monoisotopic (exact) mass is 542 g/mol. The Kier molecular flexibility index (Phi) is 6.84. The van der Waals surface area contributed by atoms with E-state index in [1.54, 1.807) is 0 Å². The molecule has 0 fully saturated rings. The van der Waals surface area contributed by atoms with Crippen molar-refractivity contribution in [3.05, 3.63) is 71.4 Å². The zero-order valence-corrected chi connectivity index (χ0v) is 20.8. The molecule has 12 heteroatoms. The average molecular weight is 543 g/mol. The van der Waals surface area contributed by atoms with Gasteiger partial charge >= 0.3 is 0 Å². The van der Waals surface area contributed by atoms with Crippen LogP contribution < -0.4 is 0 Å². The van der Waals surface area contributed by atoms with Gasteiger partial charge in [-0.05, 0) is 32.7 Å². The molecule has 2 aromatic heterocycles. The SMILES string of the molecule is O=S(=O)(O)c1csc(-c2ccccc2)c1SSc1c(S(=O)(=O)O)csc1-c1ccccc1. The van der Waals surface area contributed by atoms with Crippen LogP contribution in [0.2, 0.25) is 0 Å². The molecule has 6 nitrogen and oxygen atoms in total. The van der Waals surface area contributed by atoms with Gasteiger partial charge in [0, 0.05) is 10.8 Å². The number of thiophene rings is 2. The molecule has 0 amide bonds. The third kappa shape index (κ3) is 4.97. The molecule has 2 N–H and O–H groups in total. The van der Waals surface area contributed by atoms with Crippen LogP contribution >= 0.6 is 44.3 Å². The van der Waals surface area contributed by atoms with Gasteiger partial charge in [0.25, 0.3) is 20.2 Å². The second-order valence-corrected chi connectivity index (χ2v) is 13.1. The average Bonchev–Trinajstić information content (AvgIpc) is 3.37. The van der Waals surface area contributed by atoms with Gasteiger partial charge in [-0.2, -0.15) is 16.8 Å². The van der Waals surface area contributed by atoms with Gasteiger partial charge in [-0.25, -0.2) is 0 Å². The summed E-state index contributed by atoms with van der Waals surface area (Å²) in [6, 6.07) is 18.2. The number of hydrogen-bond donors (Lipinski definition) is 2. The van der Waals surface area contributed by atoms with Gasteiger partial charge in [0.2, 0.25) is 0 Å². The summed E-state index contributed by atoms with van der Waals surface area (Å²) in [5.41, 5.74) is 1.53. The molecule has 0 aliphatic carbocycles. The van der Waals surface area contributed by atoms with Crippen LogP contribution in [-0.4, -0.2) is 25.9 Å². The maximum absolute atomic E-state index is 12.0. The Morgan fingerprint density at radius 3 is 1.25 bits per heavy atom. The maximum Gasteiger partial charge on any atom is 0.296 e. The highest BCUT2D eigenvalue weighted by Crippen LogP contribution is 2.52. The van der Waals surface area contributed by atoms with Crippen molar-refractivity contribution in [3.63, 3.8) is 0 Å². The van der Waals surface area contributed by atoms with Crippen molar-refractivity contribution < 1.29 is 25.9 Å². The molecule has 0 aliphatic rings. The van der Waals surface area contributed by atoms with Gasteiger partial charge in [0.15, 0.2) is 0 Å². The lowest BCUT2D eigenvalue weighted by atomic mass is 10.2. The van der Waals surface area contributed by atoms with Crippen LogP contribution in [-0.2, 0) is 20.2 Å². The highest BCUT2D eigenvalue weighted by atomic mass is 33.1. The van der Waals surface area contributed by atoms with E-state index >= 15 is 0 Å². The molecular formula is C20H14O6S6. The zero-order valence-electron chi connectivity index (χ0n) is 15.9. The number of benzene rings is 2. The number of hydrogen-bond acceptors (Lipinski definition) is 8. The van der Waals surface area contributed by atoms with Crippen LogP contribution in [0.4, 0.5) is 0 Å². The topological polar surface area (TPSA) is 109 Å². The Morgan fingerprint density at radius 2 is 0.938 bits per heavy atom. The van der Waals surface area contributed by atoms with Crippen molar-refractivity contribution in [1.82, 2.24) is 0 Å². The van der Waals surface area contributed by atoms with Crippen molar-refractivity contribution in [3.8, 4) is 20.9 Å². The van der Waals surface area contributed by atoms with E-state index in [1.165, 1.54) is 33.4 Å². The molecule has 0 unspecified atom stereocenters. The van der Waals surface area contributed by atoms with Gasteiger partial charge in [-0.15, -0.1) is 22.7 Å². The van der Waals surface area contributed by atoms with E-state index in [1.807, 2.05) is 60.7 Å². The third-order valence-electron chi connectivity index (χ3n) is 4.26. The molecule has 2 heterocycles. The van der Waals surface area contributed by atoms with Gasteiger partial charge in [0.05, 0.1) is 19.5 Å². The molecule has 0 radical (unpaired) electrons. The Labute approximate surface area is 201 Å². The van der Waals surface area contributed by atoms with Crippen LogP contribution in [0.25, 0.3) is 20.9 Å². The van der Waals surface area contributed by atoms with Crippen molar-refractivity contribution in [2.24, 2.45) is 0 Å². The second-order valence-electron chi connectivity index (χ2n) is 6.37. The van der Waals surface area contributed by atoms with E-state index < -0.39 is 20.2 Å². The molecule has 0 atom stereocenters. The largest absolute Gasteiger partial charge is 0.296 e. The van der Waals surface area contributed by atoms with E-state index in [0.29, 0.717) is 19.5 Å². The first kappa shape index (κ1) is 23.5. The van der Waals surface area contributed by atoms with Gasteiger partial charge in [-0.3, -0.25) is 9.11 Å². The van der Waals surface area contributed by atoms with Crippen LogP contribution in [0.5, 0.6) is 0 Å².